The van der Waals surface area contributed by atoms with Crippen molar-refractivity contribution in [3.05, 3.63) is 57.6 Å². The van der Waals surface area contributed by atoms with Crippen LogP contribution < -0.4 is 0 Å². The van der Waals surface area contributed by atoms with Gasteiger partial charge in [-0.15, -0.1) is 0 Å². The van der Waals surface area contributed by atoms with E-state index in [2.05, 4.69) is 83.1 Å². The van der Waals surface area contributed by atoms with Gasteiger partial charge in [0, 0.05) is 0 Å². The molecule has 0 spiro atoms. The number of aromatic hydroxyl groups is 2. The molecule has 0 aliphatic carbocycles. The molecule has 240 valence electrons. The van der Waals surface area contributed by atoms with Crippen molar-refractivity contribution in [3.8, 4) is 11.5 Å². The minimum atomic E-state index is -0.468. The van der Waals surface area contributed by atoms with Crippen LogP contribution in [0.25, 0.3) is 0 Å². The Hall–Kier alpha value is -3.02. The molecule has 6 nitrogen and oxygen atoms in total. The Morgan fingerprint density at radius 1 is 0.558 bits per heavy atom. The van der Waals surface area contributed by atoms with E-state index in [4.69, 9.17) is 9.47 Å². The molecule has 0 bridgehead atoms. The van der Waals surface area contributed by atoms with Crippen molar-refractivity contribution in [2.45, 2.75) is 131 Å². The minimum Gasteiger partial charge on any atom is -0.507 e. The molecular weight excluding hydrogens is 540 g/mol. The summed E-state index contributed by atoms with van der Waals surface area (Å²) in [5, 5.41) is 22.0. The lowest BCUT2D eigenvalue weighted by Crippen LogP contribution is -2.24. The third-order valence-corrected chi connectivity index (χ3v) is 7.86. The lowest BCUT2D eigenvalue weighted by molar-refractivity contribution is -0.172. The fraction of sp³-hybridized carbons (Fsp3) is 0.622. The van der Waals surface area contributed by atoms with Gasteiger partial charge in [-0.2, -0.15) is 0 Å². The summed E-state index contributed by atoms with van der Waals surface area (Å²) in [6, 6.07) is 7.87. The summed E-state index contributed by atoms with van der Waals surface area (Å²) >= 11 is 0. The number of esters is 2. The van der Waals surface area contributed by atoms with E-state index in [9.17, 15) is 19.8 Å². The van der Waals surface area contributed by atoms with Crippen LogP contribution in [-0.2, 0) is 53.6 Å². The number of phenols is 2. The number of hydrogen-bond donors (Lipinski definition) is 2. The van der Waals surface area contributed by atoms with E-state index in [1.807, 2.05) is 24.3 Å². The molecule has 2 rings (SSSR count). The van der Waals surface area contributed by atoms with Crippen molar-refractivity contribution in [1.82, 2.24) is 0 Å². The maximum absolute atomic E-state index is 12.8. The largest absolute Gasteiger partial charge is 0.507 e. The fourth-order valence-corrected chi connectivity index (χ4v) is 5.21. The Balaban J connectivity index is 2.08. The molecule has 0 saturated heterocycles. The van der Waals surface area contributed by atoms with Gasteiger partial charge in [-0.05, 0) is 67.9 Å². The zero-order valence-electron chi connectivity index (χ0n) is 29.1. The summed E-state index contributed by atoms with van der Waals surface area (Å²) < 4.78 is 10.7. The third-order valence-electron chi connectivity index (χ3n) is 7.86. The molecule has 0 fully saturated rings. The predicted octanol–water partition coefficient (Wildman–Crippen LogP) is 8.39. The van der Waals surface area contributed by atoms with Gasteiger partial charge in [0.15, 0.2) is 0 Å². The maximum atomic E-state index is 12.8. The van der Waals surface area contributed by atoms with Gasteiger partial charge in [-0.3, -0.25) is 9.59 Å². The molecule has 2 aromatic carbocycles. The molecule has 0 heterocycles. The Morgan fingerprint density at radius 3 is 1.00 bits per heavy atom. The summed E-state index contributed by atoms with van der Waals surface area (Å²) in [6.07, 6.45) is 0.866. The highest BCUT2D eigenvalue weighted by Crippen LogP contribution is 2.41. The highest BCUT2D eigenvalue weighted by atomic mass is 16.7. The standard InChI is InChI=1S/C37H56O6/c1-22(15-24-17-26(34(3,4)5)30(38)27(18-24)35(6,7)8)32(40)42-21-43-33(41)23(2)16-25-19-28(36(9,10)11)31(39)29(20-25)37(12,13)14/h17-20,22-23,38-39H,15-16,21H2,1-14H3. The quantitative estimate of drug-likeness (QED) is 0.235. The Kier molecular flexibility index (Phi) is 10.9. The summed E-state index contributed by atoms with van der Waals surface area (Å²) in [5.74, 6) is -1.24. The zero-order chi connectivity index (χ0) is 33.3. The molecular formula is C37H56O6. The number of carbonyl (C=O) groups is 2. The Morgan fingerprint density at radius 2 is 0.791 bits per heavy atom. The molecule has 0 amide bonds. The summed E-state index contributed by atoms with van der Waals surface area (Å²) in [7, 11) is 0. The monoisotopic (exact) mass is 596 g/mol. The van der Waals surface area contributed by atoms with E-state index in [1.165, 1.54) is 0 Å². The molecule has 43 heavy (non-hydrogen) atoms. The van der Waals surface area contributed by atoms with Crippen molar-refractivity contribution >= 4 is 11.9 Å². The molecule has 6 heteroatoms. The van der Waals surface area contributed by atoms with Crippen LogP contribution >= 0.6 is 0 Å². The fourth-order valence-electron chi connectivity index (χ4n) is 5.21. The molecule has 2 atom stereocenters. The molecule has 0 aromatic heterocycles. The van der Waals surface area contributed by atoms with E-state index < -0.39 is 30.6 Å². The summed E-state index contributed by atoms with van der Waals surface area (Å²) in [6.45, 7) is 27.8. The van der Waals surface area contributed by atoms with Crippen molar-refractivity contribution in [3.63, 3.8) is 0 Å². The van der Waals surface area contributed by atoms with Crippen LogP contribution in [0.3, 0.4) is 0 Å². The number of phenolic OH excluding ortho intramolecular Hbond substituents is 2. The second kappa shape index (κ2) is 12.9. The van der Waals surface area contributed by atoms with E-state index >= 15 is 0 Å². The van der Waals surface area contributed by atoms with Crippen LogP contribution in [0.5, 0.6) is 11.5 Å². The van der Waals surface area contributed by atoms with E-state index in [0.717, 1.165) is 33.4 Å². The van der Waals surface area contributed by atoms with Gasteiger partial charge in [0.05, 0.1) is 11.8 Å². The number of benzene rings is 2. The Labute approximate surface area is 260 Å². The Bertz CT molecular complexity index is 1140. The van der Waals surface area contributed by atoms with E-state index in [-0.39, 0.29) is 21.7 Å². The molecule has 0 aliphatic rings. The number of carbonyl (C=O) groups excluding carboxylic acids is 2. The van der Waals surface area contributed by atoms with Gasteiger partial charge >= 0.3 is 11.9 Å². The van der Waals surface area contributed by atoms with Crippen LogP contribution in [0.4, 0.5) is 0 Å². The average molecular weight is 597 g/mol. The van der Waals surface area contributed by atoms with Crippen LogP contribution in [0.1, 0.15) is 130 Å². The van der Waals surface area contributed by atoms with Crippen LogP contribution in [0, 0.1) is 11.8 Å². The smallest absolute Gasteiger partial charge is 0.311 e. The molecule has 0 saturated carbocycles. The number of ether oxygens (including phenoxy) is 2. The number of hydrogen-bond acceptors (Lipinski definition) is 6. The van der Waals surface area contributed by atoms with Gasteiger partial charge in [0.1, 0.15) is 11.5 Å². The predicted molar refractivity (Wildman–Crippen MR) is 174 cm³/mol. The van der Waals surface area contributed by atoms with E-state index in [1.54, 1.807) is 13.8 Å². The van der Waals surface area contributed by atoms with Gasteiger partial charge in [0.25, 0.3) is 0 Å². The summed E-state index contributed by atoms with van der Waals surface area (Å²) in [5.41, 5.74) is 4.20. The van der Waals surface area contributed by atoms with Crippen LogP contribution in [-0.4, -0.2) is 28.9 Å². The van der Waals surface area contributed by atoms with Gasteiger partial charge in [-0.1, -0.05) is 121 Å². The molecule has 2 N–H and O–H groups in total. The summed E-state index contributed by atoms with van der Waals surface area (Å²) in [4.78, 5) is 25.7. The first-order valence-electron chi connectivity index (χ1n) is 15.4. The normalized spacial score (nSPS) is 14.3. The second-order valence-electron chi connectivity index (χ2n) is 16.3. The highest BCUT2D eigenvalue weighted by molar-refractivity contribution is 5.74. The van der Waals surface area contributed by atoms with Crippen LogP contribution in [0.2, 0.25) is 0 Å². The molecule has 0 aliphatic heterocycles. The average Bonchev–Trinajstić information content (AvgIpc) is 2.82. The molecule has 0 radical (unpaired) electrons. The molecule has 2 aromatic rings. The lowest BCUT2D eigenvalue weighted by Gasteiger charge is -2.28. The highest BCUT2D eigenvalue weighted by Gasteiger charge is 2.29. The van der Waals surface area contributed by atoms with Crippen molar-refractivity contribution in [2.75, 3.05) is 6.79 Å². The van der Waals surface area contributed by atoms with Gasteiger partial charge in [-0.25, -0.2) is 0 Å². The van der Waals surface area contributed by atoms with Crippen LogP contribution in [0.15, 0.2) is 24.3 Å². The van der Waals surface area contributed by atoms with E-state index in [0.29, 0.717) is 24.3 Å². The maximum Gasteiger partial charge on any atom is 0.311 e. The van der Waals surface area contributed by atoms with Crippen molar-refractivity contribution in [1.29, 1.82) is 0 Å². The van der Waals surface area contributed by atoms with Crippen molar-refractivity contribution < 1.29 is 29.3 Å². The lowest BCUT2D eigenvalue weighted by atomic mass is 9.77. The first-order valence-corrected chi connectivity index (χ1v) is 15.4. The first-order chi connectivity index (χ1) is 19.3. The van der Waals surface area contributed by atoms with Gasteiger partial charge < -0.3 is 19.7 Å². The zero-order valence-corrected chi connectivity index (χ0v) is 29.1. The van der Waals surface area contributed by atoms with Crippen molar-refractivity contribution in [2.24, 2.45) is 11.8 Å². The third kappa shape index (κ3) is 9.48. The molecule has 2 unspecified atom stereocenters. The van der Waals surface area contributed by atoms with Gasteiger partial charge in [0.2, 0.25) is 6.79 Å². The second-order valence-corrected chi connectivity index (χ2v) is 16.3. The number of rotatable bonds is 8. The minimum absolute atomic E-state index is 0.266. The topological polar surface area (TPSA) is 93.1 Å². The SMILES string of the molecule is CC(Cc1cc(C(C)(C)C)c(O)c(C(C)(C)C)c1)C(=O)OCOC(=O)C(C)Cc1cc(C(C)(C)C)c(O)c(C(C)(C)C)c1. The first kappa shape index (κ1) is 36.2.